The Morgan fingerprint density at radius 2 is 1.91 bits per heavy atom. The Kier molecular flexibility index (Phi) is 5.05. The Morgan fingerprint density at radius 1 is 1.22 bits per heavy atom. The number of ether oxygens (including phenoxy) is 2. The third-order valence-electron chi connectivity index (χ3n) is 4.24. The summed E-state index contributed by atoms with van der Waals surface area (Å²) in [5, 5.41) is 10.5. The summed E-state index contributed by atoms with van der Waals surface area (Å²) in [6.07, 6.45) is -0.981. The highest BCUT2D eigenvalue weighted by atomic mass is 19.1. The number of cyclic esters (lactones) is 1. The van der Waals surface area contributed by atoms with Gasteiger partial charge in [-0.1, -0.05) is 36.4 Å². The molecule has 1 saturated heterocycles. The fourth-order valence-corrected chi connectivity index (χ4v) is 3.01. The molecule has 6 heteroatoms. The second-order valence-electron chi connectivity index (χ2n) is 5.70. The minimum atomic E-state index is -1.62. The van der Waals surface area contributed by atoms with E-state index < -0.39 is 24.3 Å². The summed E-state index contributed by atoms with van der Waals surface area (Å²) in [7, 11) is 0. The third-order valence-corrected chi connectivity index (χ3v) is 4.24. The Morgan fingerprint density at radius 3 is 2.61 bits per heavy atom. The maximum absolute atomic E-state index is 14.7. The molecule has 1 aromatic carbocycles. The fourth-order valence-electron chi connectivity index (χ4n) is 3.01. The van der Waals surface area contributed by atoms with Gasteiger partial charge in [0.15, 0.2) is 12.3 Å². The van der Waals surface area contributed by atoms with Gasteiger partial charge in [-0.3, -0.25) is 4.90 Å². The number of esters is 1. The lowest BCUT2D eigenvalue weighted by atomic mass is 9.94. The molecule has 0 radical (unpaired) electrons. The van der Waals surface area contributed by atoms with Crippen molar-refractivity contribution in [2.24, 2.45) is 0 Å². The van der Waals surface area contributed by atoms with Gasteiger partial charge in [0.2, 0.25) is 0 Å². The van der Waals surface area contributed by atoms with Crippen LogP contribution in [-0.2, 0) is 14.3 Å². The molecular weight excluding hydrogens is 301 g/mol. The van der Waals surface area contributed by atoms with Crippen LogP contribution in [0.5, 0.6) is 0 Å². The molecule has 0 saturated carbocycles. The number of morpholine rings is 1. The van der Waals surface area contributed by atoms with E-state index in [0.717, 1.165) is 0 Å². The normalized spacial score (nSPS) is 28.2. The van der Waals surface area contributed by atoms with Gasteiger partial charge in [-0.2, -0.15) is 0 Å². The molecule has 0 aromatic heterocycles. The van der Waals surface area contributed by atoms with E-state index in [1.54, 1.807) is 36.4 Å². The average Bonchev–Trinajstić information content (AvgIpc) is 2.62. The lowest BCUT2D eigenvalue weighted by Gasteiger charge is -2.40. The zero-order valence-electron chi connectivity index (χ0n) is 12.7. The average molecular weight is 321 g/mol. The number of hydrogen-bond acceptors (Lipinski definition) is 5. The molecule has 23 heavy (non-hydrogen) atoms. The Hall–Kier alpha value is -1.76. The van der Waals surface area contributed by atoms with Crippen LogP contribution in [0.1, 0.15) is 11.7 Å². The minimum Gasteiger partial charge on any atom is -0.454 e. The number of benzene rings is 1. The molecule has 3 rings (SSSR count). The summed E-state index contributed by atoms with van der Waals surface area (Å²) >= 11 is 0. The highest BCUT2D eigenvalue weighted by Gasteiger charge is 2.41. The van der Waals surface area contributed by atoms with Gasteiger partial charge in [-0.05, 0) is 5.56 Å². The fraction of sp³-hybridized carbons (Fsp3) is 0.471. The first-order valence-electron chi connectivity index (χ1n) is 7.74. The van der Waals surface area contributed by atoms with Crippen molar-refractivity contribution in [1.29, 1.82) is 0 Å². The van der Waals surface area contributed by atoms with Gasteiger partial charge < -0.3 is 14.6 Å². The van der Waals surface area contributed by atoms with Gasteiger partial charge in [-0.15, -0.1) is 0 Å². The second-order valence-corrected chi connectivity index (χ2v) is 5.70. The van der Waals surface area contributed by atoms with Gasteiger partial charge in [-0.25, -0.2) is 9.18 Å². The van der Waals surface area contributed by atoms with E-state index in [-0.39, 0.29) is 6.04 Å². The lowest BCUT2D eigenvalue weighted by Crippen LogP contribution is -2.55. The second kappa shape index (κ2) is 7.21. The summed E-state index contributed by atoms with van der Waals surface area (Å²) in [6, 6.07) is 8.06. The molecule has 0 aliphatic carbocycles. The van der Waals surface area contributed by atoms with Gasteiger partial charge >= 0.3 is 5.97 Å². The van der Waals surface area contributed by atoms with Crippen LogP contribution < -0.4 is 0 Å². The summed E-state index contributed by atoms with van der Waals surface area (Å²) in [4.78, 5) is 13.6. The number of aliphatic hydroxyl groups is 1. The number of alkyl halides is 1. The largest absolute Gasteiger partial charge is 0.454 e. The van der Waals surface area contributed by atoms with Crippen LogP contribution in [0.3, 0.4) is 0 Å². The SMILES string of the molecule is O=C1C=CC(N2CCOCC2)C(C(O)C(F)c2ccccc2)O1. The molecule has 1 N–H and O–H groups in total. The van der Waals surface area contributed by atoms with Crippen molar-refractivity contribution in [2.75, 3.05) is 26.3 Å². The zero-order chi connectivity index (χ0) is 16.2. The highest BCUT2D eigenvalue weighted by molar-refractivity contribution is 5.83. The maximum atomic E-state index is 14.7. The van der Waals surface area contributed by atoms with Gasteiger partial charge in [0.05, 0.1) is 19.3 Å². The van der Waals surface area contributed by atoms with Crippen molar-refractivity contribution in [3.8, 4) is 0 Å². The van der Waals surface area contributed by atoms with Crippen molar-refractivity contribution in [3.63, 3.8) is 0 Å². The van der Waals surface area contributed by atoms with Crippen molar-refractivity contribution < 1.29 is 23.8 Å². The topological polar surface area (TPSA) is 59.0 Å². The first-order chi connectivity index (χ1) is 11.2. The first-order valence-corrected chi connectivity index (χ1v) is 7.74. The number of rotatable bonds is 4. The highest BCUT2D eigenvalue weighted by Crippen LogP contribution is 2.29. The molecule has 1 aromatic rings. The van der Waals surface area contributed by atoms with Crippen molar-refractivity contribution in [3.05, 3.63) is 48.0 Å². The van der Waals surface area contributed by atoms with Crippen molar-refractivity contribution >= 4 is 5.97 Å². The lowest BCUT2D eigenvalue weighted by molar-refractivity contribution is -0.161. The predicted octanol–water partition coefficient (Wildman–Crippen LogP) is 1.24. The molecule has 4 unspecified atom stereocenters. The Bertz CT molecular complexity index is 559. The van der Waals surface area contributed by atoms with Crippen molar-refractivity contribution in [1.82, 2.24) is 4.90 Å². The van der Waals surface area contributed by atoms with Gasteiger partial charge in [0, 0.05) is 19.2 Å². The summed E-state index contributed by atoms with van der Waals surface area (Å²) in [5.41, 5.74) is 0.367. The standard InChI is InChI=1S/C17H20FNO4/c18-15(12-4-2-1-3-5-12)16(21)17-13(6-7-14(20)23-17)19-8-10-22-11-9-19/h1-7,13,15-17,21H,8-11H2. The van der Waals surface area contributed by atoms with E-state index in [1.807, 2.05) is 4.90 Å². The summed E-state index contributed by atoms with van der Waals surface area (Å²) in [5.74, 6) is -0.557. The zero-order valence-corrected chi connectivity index (χ0v) is 12.7. The molecule has 1 fully saturated rings. The summed E-state index contributed by atoms with van der Waals surface area (Å²) in [6.45, 7) is 2.44. The monoisotopic (exact) mass is 321 g/mol. The molecule has 2 heterocycles. The molecule has 0 amide bonds. The minimum absolute atomic E-state index is 0.353. The third kappa shape index (κ3) is 3.60. The van der Waals surface area contributed by atoms with Crippen LogP contribution in [0.15, 0.2) is 42.5 Å². The first kappa shape index (κ1) is 16.1. The molecular formula is C17H20FNO4. The molecule has 0 bridgehead atoms. The van der Waals surface area contributed by atoms with Crippen LogP contribution in [0.4, 0.5) is 4.39 Å². The van der Waals surface area contributed by atoms with E-state index in [9.17, 15) is 14.3 Å². The van der Waals surface area contributed by atoms with Gasteiger partial charge in [0.25, 0.3) is 0 Å². The summed E-state index contributed by atoms with van der Waals surface area (Å²) < 4.78 is 25.2. The van der Waals surface area contributed by atoms with E-state index in [0.29, 0.717) is 31.9 Å². The predicted molar refractivity (Wildman–Crippen MR) is 81.5 cm³/mol. The van der Waals surface area contributed by atoms with Gasteiger partial charge in [0.1, 0.15) is 6.10 Å². The van der Waals surface area contributed by atoms with Crippen LogP contribution in [0.25, 0.3) is 0 Å². The number of carbonyl (C=O) groups is 1. The quantitative estimate of drug-likeness (QED) is 0.846. The molecule has 2 aliphatic heterocycles. The molecule has 4 atom stereocenters. The van der Waals surface area contributed by atoms with E-state index in [4.69, 9.17) is 9.47 Å². The van der Waals surface area contributed by atoms with Crippen LogP contribution in [-0.4, -0.2) is 60.5 Å². The molecule has 124 valence electrons. The number of nitrogens with zero attached hydrogens (tertiary/aromatic N) is 1. The smallest absolute Gasteiger partial charge is 0.330 e. The van der Waals surface area contributed by atoms with E-state index in [2.05, 4.69) is 0 Å². The number of hydrogen-bond donors (Lipinski definition) is 1. The van der Waals surface area contributed by atoms with Crippen LogP contribution in [0, 0.1) is 0 Å². The van der Waals surface area contributed by atoms with Crippen LogP contribution in [0.2, 0.25) is 0 Å². The maximum Gasteiger partial charge on any atom is 0.330 e. The molecule has 0 spiro atoms. The van der Waals surface area contributed by atoms with E-state index in [1.165, 1.54) is 6.08 Å². The molecule has 5 nitrogen and oxygen atoms in total. The van der Waals surface area contributed by atoms with E-state index >= 15 is 0 Å². The van der Waals surface area contributed by atoms with Crippen molar-refractivity contribution in [2.45, 2.75) is 24.4 Å². The Balaban J connectivity index is 1.79. The number of aliphatic hydroxyl groups excluding tert-OH is 1. The number of halogens is 1. The Labute approximate surface area is 134 Å². The number of carbonyl (C=O) groups excluding carboxylic acids is 1. The van der Waals surface area contributed by atoms with Crippen LogP contribution >= 0.6 is 0 Å². The molecule has 2 aliphatic rings.